The Morgan fingerprint density at radius 3 is 2.56 bits per heavy atom. The van der Waals surface area contributed by atoms with E-state index in [0.717, 1.165) is 18.3 Å². The Kier molecular flexibility index (Phi) is 3.46. The first-order chi connectivity index (χ1) is 8.84. The lowest BCUT2D eigenvalue weighted by atomic mass is 10.0. The molecule has 1 nitrogen and oxygen atoms in total. The van der Waals surface area contributed by atoms with Crippen LogP contribution in [0, 0.1) is 5.92 Å². The molecule has 1 fully saturated rings. The van der Waals surface area contributed by atoms with Gasteiger partial charge in [-0.15, -0.1) is 0 Å². The SMILES string of the molecule is BrC(Cc1ccncc1)C1CC1c1ccccc1. The molecular formula is C16H16BrN. The van der Waals surface area contributed by atoms with E-state index in [-0.39, 0.29) is 0 Å². The Hall–Kier alpha value is -1.15. The third kappa shape index (κ3) is 2.64. The predicted octanol–water partition coefficient (Wildman–Crippen LogP) is 4.19. The van der Waals surface area contributed by atoms with E-state index < -0.39 is 0 Å². The highest BCUT2D eigenvalue weighted by Crippen LogP contribution is 2.52. The number of nitrogens with zero attached hydrogens (tertiary/aromatic N) is 1. The van der Waals surface area contributed by atoms with Crippen LogP contribution in [0.4, 0.5) is 0 Å². The van der Waals surface area contributed by atoms with E-state index in [1.807, 2.05) is 12.4 Å². The number of pyridine rings is 1. The quantitative estimate of drug-likeness (QED) is 0.772. The van der Waals surface area contributed by atoms with Crippen LogP contribution >= 0.6 is 15.9 Å². The highest BCUT2D eigenvalue weighted by atomic mass is 79.9. The zero-order valence-corrected chi connectivity index (χ0v) is 11.8. The third-order valence-corrected chi connectivity index (χ3v) is 4.71. The van der Waals surface area contributed by atoms with E-state index in [1.165, 1.54) is 17.5 Å². The number of benzene rings is 1. The summed E-state index contributed by atoms with van der Waals surface area (Å²) >= 11 is 3.86. The second-order valence-corrected chi connectivity index (χ2v) is 6.17. The Morgan fingerprint density at radius 1 is 1.11 bits per heavy atom. The zero-order chi connectivity index (χ0) is 12.4. The van der Waals surface area contributed by atoms with Crippen molar-refractivity contribution in [2.45, 2.75) is 23.6 Å². The third-order valence-electron chi connectivity index (χ3n) is 3.71. The summed E-state index contributed by atoms with van der Waals surface area (Å²) in [7, 11) is 0. The molecule has 0 amide bonds. The minimum absolute atomic E-state index is 0.574. The molecule has 0 spiro atoms. The summed E-state index contributed by atoms with van der Waals surface area (Å²) in [4.78, 5) is 4.63. The van der Waals surface area contributed by atoms with Gasteiger partial charge in [0.05, 0.1) is 0 Å². The molecule has 1 aromatic heterocycles. The molecule has 1 heterocycles. The molecule has 3 unspecified atom stereocenters. The van der Waals surface area contributed by atoms with Gasteiger partial charge in [0.2, 0.25) is 0 Å². The van der Waals surface area contributed by atoms with Crippen LogP contribution in [0.25, 0.3) is 0 Å². The van der Waals surface area contributed by atoms with Crippen LogP contribution in [0.2, 0.25) is 0 Å². The molecule has 2 heteroatoms. The van der Waals surface area contributed by atoms with Crippen LogP contribution in [0.5, 0.6) is 0 Å². The highest BCUT2D eigenvalue weighted by Gasteiger charge is 2.42. The van der Waals surface area contributed by atoms with Crippen LogP contribution in [0.15, 0.2) is 54.9 Å². The molecule has 18 heavy (non-hydrogen) atoms. The largest absolute Gasteiger partial charge is 0.265 e. The van der Waals surface area contributed by atoms with Crippen LogP contribution in [0.1, 0.15) is 23.5 Å². The summed E-state index contributed by atoms with van der Waals surface area (Å²) in [5.74, 6) is 1.53. The zero-order valence-electron chi connectivity index (χ0n) is 10.2. The molecule has 0 N–H and O–H groups in total. The minimum atomic E-state index is 0.574. The van der Waals surface area contributed by atoms with Gasteiger partial charge in [0, 0.05) is 17.2 Å². The lowest BCUT2D eigenvalue weighted by Crippen LogP contribution is -2.06. The molecule has 2 aromatic rings. The predicted molar refractivity (Wildman–Crippen MR) is 77.9 cm³/mol. The highest BCUT2D eigenvalue weighted by molar-refractivity contribution is 9.09. The Labute approximate surface area is 116 Å². The maximum absolute atomic E-state index is 4.06. The normalized spacial score (nSPS) is 23.6. The molecule has 0 bridgehead atoms. The lowest BCUT2D eigenvalue weighted by molar-refractivity contribution is 0.734. The number of halogens is 1. The Balaban J connectivity index is 1.61. The van der Waals surface area contributed by atoms with Crippen molar-refractivity contribution < 1.29 is 0 Å². The first-order valence-corrected chi connectivity index (χ1v) is 7.34. The van der Waals surface area contributed by atoms with Crippen molar-refractivity contribution >= 4 is 15.9 Å². The van der Waals surface area contributed by atoms with E-state index in [1.54, 1.807) is 0 Å². The molecular weight excluding hydrogens is 286 g/mol. The van der Waals surface area contributed by atoms with Gasteiger partial charge in [-0.1, -0.05) is 46.3 Å². The summed E-state index contributed by atoms with van der Waals surface area (Å²) in [6, 6.07) is 15.1. The smallest absolute Gasteiger partial charge is 0.0270 e. The van der Waals surface area contributed by atoms with Gasteiger partial charge in [-0.3, -0.25) is 4.98 Å². The van der Waals surface area contributed by atoms with Crippen molar-refractivity contribution in [1.82, 2.24) is 4.98 Å². The van der Waals surface area contributed by atoms with Gasteiger partial charge in [-0.25, -0.2) is 0 Å². The van der Waals surface area contributed by atoms with Gasteiger partial charge in [0.1, 0.15) is 0 Å². The monoisotopic (exact) mass is 301 g/mol. The standard InChI is InChI=1S/C16H16BrN/c17-16(10-12-6-8-18-9-7-12)15-11-14(15)13-4-2-1-3-5-13/h1-9,14-16H,10-11H2. The van der Waals surface area contributed by atoms with Crippen molar-refractivity contribution in [2.24, 2.45) is 5.92 Å². The van der Waals surface area contributed by atoms with Gasteiger partial charge in [0.15, 0.2) is 0 Å². The maximum Gasteiger partial charge on any atom is 0.0270 e. The number of aromatic nitrogens is 1. The van der Waals surface area contributed by atoms with Crippen LogP contribution in [0.3, 0.4) is 0 Å². The second-order valence-electron chi connectivity index (χ2n) is 4.99. The fourth-order valence-electron chi connectivity index (χ4n) is 2.59. The van der Waals surface area contributed by atoms with Crippen molar-refractivity contribution in [3.05, 3.63) is 66.0 Å². The summed E-state index contributed by atoms with van der Waals surface area (Å²) in [5, 5.41) is 0. The van der Waals surface area contributed by atoms with E-state index in [0.29, 0.717) is 4.83 Å². The fourth-order valence-corrected chi connectivity index (χ4v) is 3.55. The van der Waals surface area contributed by atoms with Gasteiger partial charge in [0.25, 0.3) is 0 Å². The van der Waals surface area contributed by atoms with E-state index in [2.05, 4.69) is 63.4 Å². The number of rotatable bonds is 4. The minimum Gasteiger partial charge on any atom is -0.265 e. The molecule has 1 aliphatic rings. The first kappa shape index (κ1) is 11.9. The van der Waals surface area contributed by atoms with E-state index >= 15 is 0 Å². The van der Waals surface area contributed by atoms with Crippen molar-refractivity contribution in [1.29, 1.82) is 0 Å². The lowest BCUT2D eigenvalue weighted by Gasteiger charge is -2.09. The molecule has 0 radical (unpaired) electrons. The first-order valence-electron chi connectivity index (χ1n) is 6.42. The molecule has 1 saturated carbocycles. The molecule has 0 saturated heterocycles. The average Bonchev–Trinajstić information content (AvgIpc) is 3.21. The molecule has 3 atom stereocenters. The maximum atomic E-state index is 4.06. The van der Waals surface area contributed by atoms with Gasteiger partial charge < -0.3 is 0 Å². The number of alkyl halides is 1. The van der Waals surface area contributed by atoms with Crippen LogP contribution in [-0.2, 0) is 6.42 Å². The molecule has 1 aromatic carbocycles. The summed E-state index contributed by atoms with van der Waals surface area (Å²) in [5.41, 5.74) is 2.85. The van der Waals surface area contributed by atoms with E-state index in [4.69, 9.17) is 0 Å². The van der Waals surface area contributed by atoms with Gasteiger partial charge >= 0.3 is 0 Å². The topological polar surface area (TPSA) is 12.9 Å². The van der Waals surface area contributed by atoms with E-state index in [9.17, 15) is 0 Å². The molecule has 92 valence electrons. The molecule has 1 aliphatic carbocycles. The van der Waals surface area contributed by atoms with Crippen LogP contribution < -0.4 is 0 Å². The number of hydrogen-bond donors (Lipinski definition) is 0. The summed E-state index contributed by atoms with van der Waals surface area (Å²) < 4.78 is 0. The van der Waals surface area contributed by atoms with Gasteiger partial charge in [-0.2, -0.15) is 0 Å². The number of hydrogen-bond acceptors (Lipinski definition) is 1. The molecule has 0 aliphatic heterocycles. The van der Waals surface area contributed by atoms with Crippen molar-refractivity contribution in [2.75, 3.05) is 0 Å². The summed E-state index contributed by atoms with van der Waals surface area (Å²) in [6.45, 7) is 0. The Morgan fingerprint density at radius 2 is 1.83 bits per heavy atom. The van der Waals surface area contributed by atoms with Crippen molar-refractivity contribution in [3.63, 3.8) is 0 Å². The molecule has 3 rings (SSSR count). The summed E-state index contributed by atoms with van der Waals surface area (Å²) in [6.07, 6.45) is 6.15. The fraction of sp³-hybridized carbons (Fsp3) is 0.312. The van der Waals surface area contributed by atoms with Crippen LogP contribution in [-0.4, -0.2) is 9.81 Å². The van der Waals surface area contributed by atoms with Gasteiger partial charge in [-0.05, 0) is 47.9 Å². The Bertz CT molecular complexity index is 497. The van der Waals surface area contributed by atoms with Crippen molar-refractivity contribution in [3.8, 4) is 0 Å². The average molecular weight is 302 g/mol. The second kappa shape index (κ2) is 5.23.